The van der Waals surface area contributed by atoms with Gasteiger partial charge >= 0.3 is 18.0 Å². The zero-order chi connectivity index (χ0) is 35.9. The zero-order valence-electron chi connectivity index (χ0n) is 26.7. The molecule has 266 valence electrons. The molecule has 9 amide bonds. The van der Waals surface area contributed by atoms with E-state index in [9.17, 15) is 38.4 Å². The minimum absolute atomic E-state index is 0.0434. The maximum Gasteiger partial charge on any atom is 0.329 e. The van der Waals surface area contributed by atoms with E-state index in [-0.39, 0.29) is 68.9 Å². The molecule has 2 aliphatic heterocycles. The number of anilines is 1. The molecule has 0 radical (unpaired) electrons. The number of rotatable bonds is 19. The van der Waals surface area contributed by atoms with Crippen LogP contribution < -0.4 is 38.1 Å². The first-order valence-corrected chi connectivity index (χ1v) is 17.3. The summed E-state index contributed by atoms with van der Waals surface area (Å²) in [7, 11) is 0. The van der Waals surface area contributed by atoms with E-state index < -0.39 is 53.7 Å². The summed E-state index contributed by atoms with van der Waals surface area (Å²) < 4.78 is 5.48. The summed E-state index contributed by atoms with van der Waals surface area (Å²) in [6, 6.07) is 2.80. The number of nitrogens with one attached hydrogen (secondary N) is 5. The van der Waals surface area contributed by atoms with E-state index in [1.807, 2.05) is 6.92 Å². The number of nitrogens with zero attached hydrogens (tertiary/aromatic N) is 1. The number of hydrogen-bond acceptors (Lipinski definition) is 11. The average molecular weight is 721 g/mol. The van der Waals surface area contributed by atoms with Gasteiger partial charge in [0.25, 0.3) is 11.8 Å². The van der Waals surface area contributed by atoms with Crippen molar-refractivity contribution in [2.24, 2.45) is 11.5 Å². The third kappa shape index (κ3) is 13.3. The highest BCUT2D eigenvalue weighted by Gasteiger charge is 2.34. The number of primary amides is 2. The van der Waals surface area contributed by atoms with Gasteiger partial charge in [0.2, 0.25) is 17.7 Å². The summed E-state index contributed by atoms with van der Waals surface area (Å²) >= 11 is 3.06. The van der Waals surface area contributed by atoms with Crippen molar-refractivity contribution in [1.29, 1.82) is 0 Å². The molecule has 1 aromatic carbocycles. The fraction of sp³-hybridized carbons (Fsp3) is 0.467. The second-order valence-electron chi connectivity index (χ2n) is 10.9. The fourth-order valence-electron chi connectivity index (χ4n) is 4.58. The number of esters is 1. The quantitative estimate of drug-likeness (QED) is 0.0568. The third-order valence-electron chi connectivity index (χ3n) is 7.11. The Morgan fingerprint density at radius 1 is 0.837 bits per heavy atom. The number of urea groups is 2. The Bertz CT molecular complexity index is 1420. The molecule has 0 aromatic heterocycles. The Morgan fingerprint density at radius 2 is 1.39 bits per heavy atom. The van der Waals surface area contributed by atoms with Crippen LogP contribution in [0.3, 0.4) is 0 Å². The summed E-state index contributed by atoms with van der Waals surface area (Å²) in [6.07, 6.45) is 2.51. The highest BCUT2D eigenvalue weighted by atomic mass is 32.3. The molecule has 2 atom stereocenters. The van der Waals surface area contributed by atoms with Gasteiger partial charge in [-0.1, -0.05) is 12.1 Å². The number of carbonyl (C=O) groups is 8. The Hall–Kier alpha value is -4.78. The van der Waals surface area contributed by atoms with Crippen LogP contribution in [0, 0.1) is 0 Å². The van der Waals surface area contributed by atoms with Crippen molar-refractivity contribution in [3.8, 4) is 0 Å². The summed E-state index contributed by atoms with van der Waals surface area (Å²) in [6.45, 7) is 2.10. The van der Waals surface area contributed by atoms with Crippen LogP contribution in [-0.4, -0.2) is 93.3 Å². The Kier molecular flexibility index (Phi) is 15.2. The van der Waals surface area contributed by atoms with Crippen molar-refractivity contribution in [3.05, 3.63) is 42.0 Å². The monoisotopic (exact) mass is 720 g/mol. The number of hydrogen-bond donors (Lipinski definition) is 7. The lowest BCUT2D eigenvalue weighted by Gasteiger charge is -2.29. The first-order chi connectivity index (χ1) is 23.3. The first kappa shape index (κ1) is 38.7. The molecule has 19 heteroatoms. The molecule has 1 fully saturated rings. The number of benzene rings is 1. The maximum absolute atomic E-state index is 13.5. The van der Waals surface area contributed by atoms with Crippen LogP contribution in [0.2, 0.25) is 0 Å². The van der Waals surface area contributed by atoms with Gasteiger partial charge in [-0.15, -0.1) is 23.5 Å². The van der Waals surface area contributed by atoms with E-state index in [1.165, 1.54) is 23.5 Å². The number of amides is 9. The van der Waals surface area contributed by atoms with Crippen LogP contribution in [0.4, 0.5) is 15.3 Å². The first-order valence-electron chi connectivity index (χ1n) is 15.4. The molecule has 0 unspecified atom stereocenters. The highest BCUT2D eigenvalue weighted by molar-refractivity contribution is 8.34. The van der Waals surface area contributed by atoms with Gasteiger partial charge in [0, 0.05) is 43.9 Å². The number of thioether (sulfide) groups is 2. The fourth-order valence-corrected chi connectivity index (χ4v) is 6.99. The summed E-state index contributed by atoms with van der Waals surface area (Å²) in [5.41, 5.74) is 11.3. The molecular formula is C30H40N8O9S2. The average Bonchev–Trinajstić information content (AvgIpc) is 3.36. The van der Waals surface area contributed by atoms with Crippen molar-refractivity contribution in [2.75, 3.05) is 25.0 Å². The predicted molar refractivity (Wildman–Crippen MR) is 181 cm³/mol. The molecule has 17 nitrogen and oxygen atoms in total. The summed E-state index contributed by atoms with van der Waals surface area (Å²) in [5, 5.41) is 12.8. The third-order valence-corrected chi connectivity index (χ3v) is 10.1. The van der Waals surface area contributed by atoms with Crippen LogP contribution in [0.15, 0.2) is 36.4 Å². The molecule has 9 N–H and O–H groups in total. The number of imide groups is 1. The lowest BCUT2D eigenvalue weighted by atomic mass is 10.1. The van der Waals surface area contributed by atoms with Crippen LogP contribution in [0.25, 0.3) is 0 Å². The Morgan fingerprint density at radius 3 is 1.92 bits per heavy atom. The van der Waals surface area contributed by atoms with Crippen molar-refractivity contribution in [3.63, 3.8) is 0 Å². The molecule has 3 rings (SSSR count). The molecule has 0 saturated carbocycles. The van der Waals surface area contributed by atoms with Crippen LogP contribution >= 0.6 is 23.5 Å². The second kappa shape index (κ2) is 19.3. The van der Waals surface area contributed by atoms with Gasteiger partial charge in [-0.2, -0.15) is 0 Å². The SMILES string of the molecule is CC1SC(C(=O)OCc2ccc(NC(=O)[C@H](CCCNC(N)=O)NC(=O)[C@H](CCCNC(N)=O)NC(=O)CCN3C(=O)C=CC3=O)cc2)S1. The van der Waals surface area contributed by atoms with Gasteiger partial charge in [0.05, 0.1) is 4.58 Å². The lowest BCUT2D eigenvalue weighted by molar-refractivity contribution is -0.142. The van der Waals surface area contributed by atoms with E-state index >= 15 is 0 Å². The molecule has 0 aliphatic carbocycles. The molecule has 0 spiro atoms. The Balaban J connectivity index is 1.63. The van der Waals surface area contributed by atoms with Gasteiger partial charge in [0.15, 0.2) is 0 Å². The van der Waals surface area contributed by atoms with Gasteiger partial charge in [-0.05, 0) is 50.3 Å². The van der Waals surface area contributed by atoms with Crippen LogP contribution in [-0.2, 0) is 40.1 Å². The molecule has 2 heterocycles. The maximum atomic E-state index is 13.5. The minimum Gasteiger partial charge on any atom is -0.459 e. The zero-order valence-corrected chi connectivity index (χ0v) is 28.4. The molecule has 0 bridgehead atoms. The van der Waals surface area contributed by atoms with E-state index in [0.717, 1.165) is 17.1 Å². The second-order valence-corrected chi connectivity index (χ2v) is 14.4. The molecule has 2 aliphatic rings. The number of nitrogens with two attached hydrogens (primary N) is 2. The van der Waals surface area contributed by atoms with Crippen molar-refractivity contribution in [2.45, 2.75) is 66.9 Å². The van der Waals surface area contributed by atoms with E-state index in [2.05, 4.69) is 26.6 Å². The molecule has 1 aromatic rings. The van der Waals surface area contributed by atoms with Gasteiger partial charge in [-0.3, -0.25) is 28.9 Å². The molecule has 1 saturated heterocycles. The van der Waals surface area contributed by atoms with Crippen LogP contribution in [0.5, 0.6) is 0 Å². The van der Waals surface area contributed by atoms with E-state index in [4.69, 9.17) is 16.2 Å². The van der Waals surface area contributed by atoms with Gasteiger partial charge in [-0.25, -0.2) is 14.4 Å². The minimum atomic E-state index is -1.16. The Labute approximate surface area is 290 Å². The molecule has 49 heavy (non-hydrogen) atoms. The lowest BCUT2D eigenvalue weighted by Crippen LogP contribution is -2.53. The highest BCUT2D eigenvalue weighted by Crippen LogP contribution is 2.47. The van der Waals surface area contributed by atoms with E-state index in [0.29, 0.717) is 15.8 Å². The van der Waals surface area contributed by atoms with Gasteiger partial charge in [0.1, 0.15) is 23.3 Å². The summed E-state index contributed by atoms with van der Waals surface area (Å²) in [5.74, 6) is -3.34. The topological polar surface area (TPSA) is 261 Å². The van der Waals surface area contributed by atoms with Crippen molar-refractivity contribution in [1.82, 2.24) is 26.2 Å². The smallest absolute Gasteiger partial charge is 0.329 e. The van der Waals surface area contributed by atoms with Crippen molar-refractivity contribution < 1.29 is 43.1 Å². The molecular weight excluding hydrogens is 681 g/mol. The summed E-state index contributed by atoms with van der Waals surface area (Å²) in [4.78, 5) is 98.5. The number of carbonyl (C=O) groups excluding carboxylic acids is 8. The van der Waals surface area contributed by atoms with Crippen LogP contribution in [0.1, 0.15) is 44.6 Å². The number of ether oxygens (including phenoxy) is 1. The van der Waals surface area contributed by atoms with Gasteiger partial charge < -0.3 is 42.8 Å². The largest absolute Gasteiger partial charge is 0.459 e. The van der Waals surface area contributed by atoms with E-state index in [1.54, 1.807) is 24.3 Å². The van der Waals surface area contributed by atoms with Crippen molar-refractivity contribution >= 4 is 76.8 Å². The predicted octanol–water partition coefficient (Wildman–Crippen LogP) is 0.00210. The normalized spacial score (nSPS) is 17.7. The standard InChI is InChI=1S/C30H40N8O9S2/c1-17-48-28(49-17)27(44)47-16-18-6-8-19(9-7-18)35-25(42)21(5-3-14-34-30(32)46)37-26(43)20(4-2-13-33-29(31)45)36-22(39)12-15-38-23(40)10-11-24(38)41/h6-11,17,20-21,28H,2-5,12-16H2,1H3,(H,35,42)(H,36,39)(H,37,43)(H3,31,33,45)(H3,32,34,46)/t17?,20-,21-,28?/m0/s1.